The highest BCUT2D eigenvalue weighted by molar-refractivity contribution is 7.07. The molecule has 2 aromatic heterocycles. The Morgan fingerprint density at radius 3 is 2.77 bits per heavy atom. The van der Waals surface area contributed by atoms with Gasteiger partial charge in [-0.3, -0.25) is 0 Å². The first-order chi connectivity index (χ1) is 6.25. The van der Waals surface area contributed by atoms with Gasteiger partial charge in [0.2, 0.25) is 11.2 Å². The number of nitrogens with two attached hydrogens (primary N) is 1. The van der Waals surface area contributed by atoms with Gasteiger partial charge in [0.05, 0.1) is 5.51 Å². The molecule has 0 radical (unpaired) electrons. The molecule has 0 fully saturated rings. The predicted molar refractivity (Wildman–Crippen MR) is 50.4 cm³/mol. The van der Waals surface area contributed by atoms with Crippen LogP contribution in [-0.2, 0) is 0 Å². The van der Waals surface area contributed by atoms with E-state index in [9.17, 15) is 0 Å². The number of nitrogen functional groups attached to an aromatic ring is 1. The van der Waals surface area contributed by atoms with Crippen molar-refractivity contribution >= 4 is 28.9 Å². The average molecular weight is 214 g/mol. The second-order valence-corrected chi connectivity index (χ2v) is 3.22. The normalized spacial score (nSPS) is 10.2. The van der Waals surface area contributed by atoms with E-state index in [0.717, 1.165) is 0 Å². The van der Waals surface area contributed by atoms with E-state index in [-0.39, 0.29) is 11.2 Å². The van der Waals surface area contributed by atoms with Crippen molar-refractivity contribution in [3.63, 3.8) is 0 Å². The fraction of sp³-hybridized carbons (Fsp3) is 0. The first-order valence-corrected chi connectivity index (χ1v) is 4.63. The standard InChI is InChI=1S/C6H4ClN5S/c7-5-10-4(11-6(8)12-5)3-1-13-2-9-3/h1-2H,(H2,8,10,11,12). The molecule has 0 aliphatic carbocycles. The third kappa shape index (κ3) is 1.73. The fourth-order valence-corrected chi connectivity index (χ4v) is 1.50. The van der Waals surface area contributed by atoms with Crippen LogP contribution < -0.4 is 5.73 Å². The predicted octanol–water partition coefficient (Wildman–Crippen LogP) is 1.23. The van der Waals surface area contributed by atoms with Crippen molar-refractivity contribution < 1.29 is 0 Å². The zero-order valence-electron chi connectivity index (χ0n) is 6.31. The van der Waals surface area contributed by atoms with Crippen LogP contribution in [0.4, 0.5) is 5.95 Å². The van der Waals surface area contributed by atoms with E-state index in [2.05, 4.69) is 19.9 Å². The summed E-state index contributed by atoms with van der Waals surface area (Å²) < 4.78 is 0. The Bertz CT molecular complexity index is 395. The average Bonchev–Trinajstić information content (AvgIpc) is 2.53. The lowest BCUT2D eigenvalue weighted by Crippen LogP contribution is -1.99. The van der Waals surface area contributed by atoms with Crippen LogP contribution in [0, 0.1) is 0 Å². The minimum Gasteiger partial charge on any atom is -0.368 e. The van der Waals surface area contributed by atoms with E-state index < -0.39 is 0 Å². The monoisotopic (exact) mass is 213 g/mol. The van der Waals surface area contributed by atoms with E-state index in [4.69, 9.17) is 17.3 Å². The van der Waals surface area contributed by atoms with Crippen molar-refractivity contribution in [1.29, 1.82) is 0 Å². The van der Waals surface area contributed by atoms with Crippen LogP contribution in [0.1, 0.15) is 0 Å². The van der Waals surface area contributed by atoms with Gasteiger partial charge in [0.25, 0.3) is 0 Å². The number of aromatic nitrogens is 4. The molecule has 0 atom stereocenters. The van der Waals surface area contributed by atoms with Crippen LogP contribution in [0.2, 0.25) is 5.28 Å². The van der Waals surface area contributed by atoms with Gasteiger partial charge in [-0.05, 0) is 11.6 Å². The maximum atomic E-state index is 5.60. The zero-order chi connectivity index (χ0) is 9.26. The largest absolute Gasteiger partial charge is 0.368 e. The molecule has 0 unspecified atom stereocenters. The topological polar surface area (TPSA) is 77.6 Å². The Hall–Kier alpha value is -1.27. The summed E-state index contributed by atoms with van der Waals surface area (Å²) in [6, 6.07) is 0. The molecule has 0 saturated carbocycles. The molecule has 0 aromatic carbocycles. The quantitative estimate of drug-likeness (QED) is 0.771. The molecule has 13 heavy (non-hydrogen) atoms. The van der Waals surface area contributed by atoms with E-state index in [1.807, 2.05) is 5.38 Å². The molecule has 0 amide bonds. The summed E-state index contributed by atoms with van der Waals surface area (Å²) in [5, 5.41) is 1.89. The molecule has 0 aliphatic rings. The number of nitrogens with zero attached hydrogens (tertiary/aromatic N) is 4. The first kappa shape index (κ1) is 8.33. The van der Waals surface area contributed by atoms with E-state index in [1.165, 1.54) is 11.3 Å². The zero-order valence-corrected chi connectivity index (χ0v) is 7.88. The van der Waals surface area contributed by atoms with Crippen LogP contribution in [0.3, 0.4) is 0 Å². The lowest BCUT2D eigenvalue weighted by molar-refractivity contribution is 1.06. The Labute approximate surface area is 82.7 Å². The molecule has 7 heteroatoms. The van der Waals surface area contributed by atoms with Crippen molar-refractivity contribution in [1.82, 2.24) is 19.9 Å². The molecule has 2 aromatic rings. The van der Waals surface area contributed by atoms with Crippen LogP contribution in [0.25, 0.3) is 11.5 Å². The summed E-state index contributed by atoms with van der Waals surface area (Å²) in [5.41, 5.74) is 7.73. The Morgan fingerprint density at radius 2 is 2.15 bits per heavy atom. The van der Waals surface area contributed by atoms with Crippen molar-refractivity contribution in [2.45, 2.75) is 0 Å². The second-order valence-electron chi connectivity index (χ2n) is 2.16. The maximum absolute atomic E-state index is 5.60. The molecule has 0 saturated heterocycles. The highest BCUT2D eigenvalue weighted by atomic mass is 35.5. The van der Waals surface area contributed by atoms with E-state index in [0.29, 0.717) is 11.5 Å². The Morgan fingerprint density at radius 1 is 1.31 bits per heavy atom. The van der Waals surface area contributed by atoms with Crippen LogP contribution in [0.5, 0.6) is 0 Å². The SMILES string of the molecule is Nc1nc(Cl)nc(-c2cscn2)n1. The molecule has 0 aliphatic heterocycles. The summed E-state index contributed by atoms with van der Waals surface area (Å²) >= 11 is 7.05. The van der Waals surface area contributed by atoms with Crippen molar-refractivity contribution in [3.05, 3.63) is 16.2 Å². The number of anilines is 1. The van der Waals surface area contributed by atoms with Crippen molar-refractivity contribution in [2.24, 2.45) is 0 Å². The van der Waals surface area contributed by atoms with Gasteiger partial charge in [-0.25, -0.2) is 4.98 Å². The molecule has 2 rings (SSSR count). The fourth-order valence-electron chi connectivity index (χ4n) is 0.803. The highest BCUT2D eigenvalue weighted by Crippen LogP contribution is 2.16. The summed E-state index contributed by atoms with van der Waals surface area (Å²) in [7, 11) is 0. The third-order valence-electron chi connectivity index (χ3n) is 1.29. The van der Waals surface area contributed by atoms with Crippen LogP contribution in [-0.4, -0.2) is 19.9 Å². The molecular weight excluding hydrogens is 210 g/mol. The van der Waals surface area contributed by atoms with Gasteiger partial charge in [0.15, 0.2) is 5.82 Å². The Kier molecular flexibility index (Phi) is 2.07. The number of halogens is 1. The number of thiazole rings is 1. The number of hydrogen-bond acceptors (Lipinski definition) is 6. The molecule has 66 valence electrons. The minimum atomic E-state index is 0.0792. The maximum Gasteiger partial charge on any atom is 0.227 e. The van der Waals surface area contributed by atoms with Crippen LogP contribution in [0.15, 0.2) is 10.9 Å². The summed E-state index contributed by atoms with van der Waals surface area (Å²) in [4.78, 5) is 15.4. The lowest BCUT2D eigenvalue weighted by atomic mass is 10.5. The van der Waals surface area contributed by atoms with Gasteiger partial charge in [0, 0.05) is 5.38 Å². The lowest BCUT2D eigenvalue weighted by Gasteiger charge is -1.96. The van der Waals surface area contributed by atoms with Crippen molar-refractivity contribution in [3.8, 4) is 11.5 Å². The van der Waals surface area contributed by atoms with Crippen molar-refractivity contribution in [2.75, 3.05) is 5.73 Å². The summed E-state index contributed by atoms with van der Waals surface area (Å²) in [6.45, 7) is 0. The molecule has 2 heterocycles. The minimum absolute atomic E-state index is 0.0792. The Balaban J connectivity index is 2.53. The number of hydrogen-bond donors (Lipinski definition) is 1. The molecule has 2 N–H and O–H groups in total. The number of rotatable bonds is 1. The van der Waals surface area contributed by atoms with Gasteiger partial charge < -0.3 is 5.73 Å². The summed E-state index contributed by atoms with van der Waals surface area (Å²) in [6.07, 6.45) is 0. The summed E-state index contributed by atoms with van der Waals surface area (Å²) in [5.74, 6) is 0.502. The third-order valence-corrected chi connectivity index (χ3v) is 2.04. The van der Waals surface area contributed by atoms with Gasteiger partial charge in [-0.1, -0.05) is 0 Å². The molecular formula is C6H4ClN5S. The van der Waals surface area contributed by atoms with Gasteiger partial charge >= 0.3 is 0 Å². The van der Waals surface area contributed by atoms with E-state index >= 15 is 0 Å². The smallest absolute Gasteiger partial charge is 0.227 e. The van der Waals surface area contributed by atoms with E-state index in [1.54, 1.807) is 5.51 Å². The second kappa shape index (κ2) is 3.23. The van der Waals surface area contributed by atoms with Crippen LogP contribution >= 0.6 is 22.9 Å². The molecule has 5 nitrogen and oxygen atoms in total. The molecule has 0 spiro atoms. The van der Waals surface area contributed by atoms with Gasteiger partial charge in [0.1, 0.15) is 5.69 Å². The first-order valence-electron chi connectivity index (χ1n) is 3.31. The molecule has 0 bridgehead atoms. The highest BCUT2D eigenvalue weighted by Gasteiger charge is 2.06. The van der Waals surface area contributed by atoms with Gasteiger partial charge in [-0.2, -0.15) is 15.0 Å². The van der Waals surface area contributed by atoms with Gasteiger partial charge in [-0.15, -0.1) is 11.3 Å².